The minimum atomic E-state index is -0.326. The molecule has 4 aromatic rings. The maximum absolute atomic E-state index is 12.4. The average Bonchev–Trinajstić information content (AvgIpc) is 3.21. The molecule has 7 heteroatoms. The smallest absolute Gasteiger partial charge is 0.268 e. The third kappa shape index (κ3) is 3.10. The van der Waals surface area contributed by atoms with Crippen LogP contribution in [0.25, 0.3) is 16.5 Å². The van der Waals surface area contributed by atoms with E-state index in [2.05, 4.69) is 20.4 Å². The van der Waals surface area contributed by atoms with Gasteiger partial charge in [0.25, 0.3) is 11.5 Å². The average molecular weight is 345 g/mol. The van der Waals surface area contributed by atoms with E-state index in [1.165, 1.54) is 6.33 Å². The van der Waals surface area contributed by atoms with Crippen molar-refractivity contribution in [3.8, 4) is 5.69 Å². The Balaban J connectivity index is 1.48. The van der Waals surface area contributed by atoms with E-state index in [0.29, 0.717) is 11.9 Å². The van der Waals surface area contributed by atoms with Crippen LogP contribution in [0.1, 0.15) is 16.1 Å². The van der Waals surface area contributed by atoms with Crippen molar-refractivity contribution in [2.24, 2.45) is 0 Å². The van der Waals surface area contributed by atoms with Crippen LogP contribution < -0.4 is 10.9 Å². The van der Waals surface area contributed by atoms with Crippen LogP contribution in [0.15, 0.2) is 72.0 Å². The van der Waals surface area contributed by atoms with Gasteiger partial charge in [0.2, 0.25) is 0 Å². The Bertz CT molecular complexity index is 1110. The summed E-state index contributed by atoms with van der Waals surface area (Å²) in [5, 5.41) is 8.18. The van der Waals surface area contributed by atoms with Crippen LogP contribution in [0.5, 0.6) is 0 Å². The minimum absolute atomic E-state index is 0.243. The fraction of sp³-hybridized carbons (Fsp3) is 0.0526. The molecule has 0 saturated heterocycles. The zero-order valence-corrected chi connectivity index (χ0v) is 13.7. The molecule has 0 unspecified atom stereocenters. The Kier molecular flexibility index (Phi) is 4.03. The largest absolute Gasteiger partial charge is 0.347 e. The van der Waals surface area contributed by atoms with E-state index >= 15 is 0 Å². The van der Waals surface area contributed by atoms with Gasteiger partial charge in [0.1, 0.15) is 18.3 Å². The fourth-order valence-corrected chi connectivity index (χ4v) is 2.72. The van der Waals surface area contributed by atoms with Gasteiger partial charge in [0.15, 0.2) is 0 Å². The van der Waals surface area contributed by atoms with Gasteiger partial charge in [-0.2, -0.15) is 5.10 Å². The number of H-pyrrole nitrogens is 1. The first-order chi connectivity index (χ1) is 12.7. The molecule has 0 atom stereocenters. The quantitative estimate of drug-likeness (QED) is 0.592. The van der Waals surface area contributed by atoms with Crippen LogP contribution in [0, 0.1) is 0 Å². The number of carbonyl (C=O) groups is 1. The van der Waals surface area contributed by atoms with E-state index in [-0.39, 0.29) is 17.2 Å². The summed E-state index contributed by atoms with van der Waals surface area (Å²) in [4.78, 5) is 31.0. The van der Waals surface area contributed by atoms with E-state index in [0.717, 1.165) is 16.6 Å². The molecular weight excluding hydrogens is 330 g/mol. The van der Waals surface area contributed by atoms with E-state index < -0.39 is 0 Å². The predicted octanol–water partition coefficient (Wildman–Crippen LogP) is 2.04. The molecule has 2 N–H and O–H groups in total. The molecule has 4 rings (SSSR count). The first-order valence-electron chi connectivity index (χ1n) is 8.05. The number of nitrogens with zero attached hydrogens (tertiary/aromatic N) is 3. The molecule has 0 aliphatic rings. The van der Waals surface area contributed by atoms with Gasteiger partial charge in [-0.15, -0.1) is 0 Å². The SMILES string of the molecule is O=C(NCc1ccc(-n2cncn2)cc1)c1cc2ccccc2c(=O)[nH]1. The number of amides is 1. The molecule has 0 bridgehead atoms. The van der Waals surface area contributed by atoms with Crippen LogP contribution in [0.4, 0.5) is 0 Å². The lowest BCUT2D eigenvalue weighted by Crippen LogP contribution is -2.26. The number of benzene rings is 2. The highest BCUT2D eigenvalue weighted by Gasteiger charge is 2.09. The fourth-order valence-electron chi connectivity index (χ4n) is 2.72. The summed E-state index contributed by atoms with van der Waals surface area (Å²) in [6.07, 6.45) is 3.09. The predicted molar refractivity (Wildman–Crippen MR) is 97.1 cm³/mol. The van der Waals surface area contributed by atoms with E-state index in [9.17, 15) is 9.59 Å². The van der Waals surface area contributed by atoms with Gasteiger partial charge in [-0.05, 0) is 35.2 Å². The summed E-state index contributed by atoms with van der Waals surface area (Å²) < 4.78 is 1.65. The molecule has 7 nitrogen and oxygen atoms in total. The zero-order chi connectivity index (χ0) is 17.9. The van der Waals surface area contributed by atoms with E-state index in [1.54, 1.807) is 29.2 Å². The van der Waals surface area contributed by atoms with Crippen molar-refractivity contribution < 1.29 is 4.79 Å². The Morgan fingerprint density at radius 3 is 2.69 bits per heavy atom. The van der Waals surface area contributed by atoms with Gasteiger partial charge in [0, 0.05) is 11.9 Å². The van der Waals surface area contributed by atoms with Gasteiger partial charge in [-0.1, -0.05) is 30.3 Å². The highest BCUT2D eigenvalue weighted by molar-refractivity contribution is 5.96. The lowest BCUT2D eigenvalue weighted by atomic mass is 10.1. The molecule has 128 valence electrons. The van der Waals surface area contributed by atoms with Gasteiger partial charge in [-0.3, -0.25) is 9.59 Å². The van der Waals surface area contributed by atoms with Crippen LogP contribution in [-0.2, 0) is 6.54 Å². The summed E-state index contributed by atoms with van der Waals surface area (Å²) in [5.41, 5.74) is 1.79. The molecule has 2 aromatic heterocycles. The Morgan fingerprint density at radius 2 is 1.92 bits per heavy atom. The normalized spacial score (nSPS) is 10.8. The number of fused-ring (bicyclic) bond motifs is 1. The van der Waals surface area contributed by atoms with Gasteiger partial charge in [-0.25, -0.2) is 9.67 Å². The highest BCUT2D eigenvalue weighted by atomic mass is 16.2. The summed E-state index contributed by atoms with van der Waals surface area (Å²) in [6.45, 7) is 0.353. The molecule has 2 aromatic carbocycles. The Hall–Kier alpha value is -3.74. The monoisotopic (exact) mass is 345 g/mol. The first-order valence-corrected chi connectivity index (χ1v) is 8.05. The van der Waals surface area contributed by atoms with Crippen molar-refractivity contribution in [3.63, 3.8) is 0 Å². The number of aromatic nitrogens is 4. The van der Waals surface area contributed by atoms with Crippen molar-refractivity contribution in [2.45, 2.75) is 6.54 Å². The molecule has 2 heterocycles. The summed E-state index contributed by atoms with van der Waals surface area (Å²) in [5.74, 6) is -0.326. The van der Waals surface area contributed by atoms with E-state index in [1.807, 2.05) is 36.4 Å². The van der Waals surface area contributed by atoms with Crippen LogP contribution in [0.2, 0.25) is 0 Å². The third-order valence-corrected chi connectivity index (χ3v) is 4.07. The molecule has 0 fully saturated rings. The highest BCUT2D eigenvalue weighted by Crippen LogP contribution is 2.11. The number of carbonyl (C=O) groups excluding carboxylic acids is 1. The minimum Gasteiger partial charge on any atom is -0.347 e. The van der Waals surface area contributed by atoms with Crippen LogP contribution in [-0.4, -0.2) is 25.7 Å². The van der Waals surface area contributed by atoms with Crippen molar-refractivity contribution in [1.29, 1.82) is 0 Å². The van der Waals surface area contributed by atoms with Crippen LogP contribution in [0.3, 0.4) is 0 Å². The summed E-state index contributed by atoms with van der Waals surface area (Å²) >= 11 is 0. The van der Waals surface area contributed by atoms with E-state index in [4.69, 9.17) is 0 Å². The molecule has 1 amide bonds. The Labute approximate surface area is 148 Å². The number of aromatic amines is 1. The maximum Gasteiger partial charge on any atom is 0.268 e. The van der Waals surface area contributed by atoms with Crippen molar-refractivity contribution in [3.05, 3.63) is 88.9 Å². The molecule has 0 radical (unpaired) electrons. The molecule has 0 aliphatic carbocycles. The topological polar surface area (TPSA) is 92.7 Å². The number of nitrogens with one attached hydrogen (secondary N) is 2. The van der Waals surface area contributed by atoms with Crippen molar-refractivity contribution >= 4 is 16.7 Å². The van der Waals surface area contributed by atoms with Gasteiger partial charge in [0.05, 0.1) is 5.69 Å². The number of pyridine rings is 1. The Morgan fingerprint density at radius 1 is 1.12 bits per heavy atom. The second-order valence-corrected chi connectivity index (χ2v) is 5.79. The maximum atomic E-state index is 12.4. The van der Waals surface area contributed by atoms with Crippen molar-refractivity contribution in [1.82, 2.24) is 25.1 Å². The summed E-state index contributed by atoms with van der Waals surface area (Å²) in [6, 6.07) is 16.4. The standard InChI is InChI=1S/C19H15N5O2/c25-18-16-4-2-1-3-14(16)9-17(23-18)19(26)21-10-13-5-7-15(8-6-13)24-12-20-11-22-24/h1-9,11-12H,10H2,(H,21,26)(H,23,25). The molecule has 0 spiro atoms. The molecule has 0 saturated carbocycles. The van der Waals surface area contributed by atoms with Crippen molar-refractivity contribution in [2.75, 3.05) is 0 Å². The molecule has 0 aliphatic heterocycles. The first kappa shape index (κ1) is 15.8. The number of rotatable bonds is 4. The third-order valence-electron chi connectivity index (χ3n) is 4.07. The molecular formula is C19H15N5O2. The lowest BCUT2D eigenvalue weighted by molar-refractivity contribution is 0.0946. The zero-order valence-electron chi connectivity index (χ0n) is 13.7. The molecule has 26 heavy (non-hydrogen) atoms. The second-order valence-electron chi connectivity index (χ2n) is 5.79. The number of hydrogen-bond acceptors (Lipinski definition) is 4. The van der Waals surface area contributed by atoms with Crippen LogP contribution >= 0.6 is 0 Å². The van der Waals surface area contributed by atoms with Gasteiger partial charge < -0.3 is 10.3 Å². The van der Waals surface area contributed by atoms with Gasteiger partial charge >= 0.3 is 0 Å². The lowest BCUT2D eigenvalue weighted by Gasteiger charge is -2.07. The summed E-state index contributed by atoms with van der Waals surface area (Å²) in [7, 11) is 0. The second kappa shape index (κ2) is 6.64. The number of hydrogen-bond donors (Lipinski definition) is 2.